The van der Waals surface area contributed by atoms with Gasteiger partial charge in [0.15, 0.2) is 0 Å². The van der Waals surface area contributed by atoms with Gasteiger partial charge in [-0.1, -0.05) is 32.0 Å². The molecule has 0 radical (unpaired) electrons. The molecule has 5 nitrogen and oxygen atoms in total. The van der Waals surface area contributed by atoms with Gasteiger partial charge in [-0.2, -0.15) is 0 Å². The number of anilines is 1. The molecule has 1 aromatic carbocycles. The topological polar surface area (TPSA) is 36.0 Å². The molecule has 0 bridgehead atoms. The first-order valence-corrected chi connectivity index (χ1v) is 9.84. The summed E-state index contributed by atoms with van der Waals surface area (Å²) in [6, 6.07) is 8.33. The molecule has 3 unspecified atom stereocenters. The highest BCUT2D eigenvalue weighted by Gasteiger charge is 2.37. The minimum atomic E-state index is -0.0839. The fourth-order valence-electron chi connectivity index (χ4n) is 4.38. The van der Waals surface area contributed by atoms with E-state index in [1.165, 1.54) is 11.3 Å². The maximum atomic E-state index is 13.5. The van der Waals surface area contributed by atoms with Crippen molar-refractivity contribution in [1.82, 2.24) is 9.80 Å². The highest BCUT2D eigenvalue weighted by Crippen LogP contribution is 2.26. The molecule has 3 atom stereocenters. The number of rotatable bonds is 3. The second kappa shape index (κ2) is 7.97. The Morgan fingerprint density at radius 2 is 1.77 bits per heavy atom. The van der Waals surface area contributed by atoms with E-state index < -0.39 is 0 Å². The second-order valence-corrected chi connectivity index (χ2v) is 8.21. The third kappa shape index (κ3) is 4.04. The first-order valence-electron chi connectivity index (χ1n) is 9.84. The molecule has 1 fully saturated rings. The zero-order chi connectivity index (χ0) is 18.8. The number of ether oxygens (including phenoxy) is 1. The Hall–Kier alpha value is -1.59. The largest absolute Gasteiger partial charge is 0.373 e. The maximum absolute atomic E-state index is 13.5. The molecule has 144 valence electrons. The van der Waals surface area contributed by atoms with Gasteiger partial charge < -0.3 is 14.5 Å². The number of benzene rings is 1. The molecule has 0 aromatic heterocycles. The van der Waals surface area contributed by atoms with E-state index >= 15 is 0 Å². The van der Waals surface area contributed by atoms with E-state index in [2.05, 4.69) is 73.7 Å². The Labute approximate surface area is 157 Å². The summed E-state index contributed by atoms with van der Waals surface area (Å²) in [5, 5.41) is 0. The summed E-state index contributed by atoms with van der Waals surface area (Å²) in [6.07, 6.45) is 0.340. The number of carbonyl (C=O) groups is 1. The quantitative estimate of drug-likeness (QED) is 0.831. The van der Waals surface area contributed by atoms with Crippen LogP contribution in [0.1, 0.15) is 33.3 Å². The van der Waals surface area contributed by atoms with Crippen LogP contribution in [-0.2, 0) is 16.1 Å². The van der Waals surface area contributed by atoms with Gasteiger partial charge in [0.25, 0.3) is 0 Å². The molecule has 2 aliphatic heterocycles. The number of nitrogens with zero attached hydrogens (tertiary/aromatic N) is 3. The van der Waals surface area contributed by atoms with Crippen LogP contribution in [0.15, 0.2) is 24.3 Å². The Bertz CT molecular complexity index is 623. The van der Waals surface area contributed by atoms with Crippen molar-refractivity contribution in [2.24, 2.45) is 5.92 Å². The van der Waals surface area contributed by atoms with Crippen LogP contribution in [-0.4, -0.2) is 67.2 Å². The summed E-state index contributed by atoms with van der Waals surface area (Å²) in [7, 11) is 2.11. The summed E-state index contributed by atoms with van der Waals surface area (Å²) in [5.74, 6) is 0.530. The number of amides is 1. The van der Waals surface area contributed by atoms with Crippen molar-refractivity contribution in [1.29, 1.82) is 0 Å². The first kappa shape index (κ1) is 19.2. The molecular formula is C21H33N3O2. The van der Waals surface area contributed by atoms with Crippen LogP contribution in [0, 0.1) is 5.92 Å². The Morgan fingerprint density at radius 3 is 2.42 bits per heavy atom. The van der Waals surface area contributed by atoms with Gasteiger partial charge in [-0.3, -0.25) is 9.69 Å². The monoisotopic (exact) mass is 359 g/mol. The molecular weight excluding hydrogens is 326 g/mol. The molecule has 0 spiro atoms. The predicted octanol–water partition coefficient (Wildman–Crippen LogP) is 2.60. The van der Waals surface area contributed by atoms with Gasteiger partial charge in [0, 0.05) is 45.5 Å². The van der Waals surface area contributed by atoms with Gasteiger partial charge in [-0.05, 0) is 31.4 Å². The lowest BCUT2D eigenvalue weighted by Gasteiger charge is -2.42. The fraction of sp³-hybridized carbons (Fsp3) is 0.667. The number of hydrogen-bond donors (Lipinski definition) is 0. The molecule has 2 aliphatic rings. The van der Waals surface area contributed by atoms with Crippen LogP contribution in [0.4, 0.5) is 5.69 Å². The van der Waals surface area contributed by atoms with Crippen LogP contribution < -0.4 is 4.90 Å². The number of morpholine rings is 1. The van der Waals surface area contributed by atoms with Crippen molar-refractivity contribution in [2.45, 2.75) is 52.5 Å². The highest BCUT2D eigenvalue weighted by atomic mass is 16.5. The Morgan fingerprint density at radius 1 is 1.12 bits per heavy atom. The standard InChI is InChI=1S/C21H33N3O2/c1-15(2)20(24-12-16(3)26-17(4)13-24)21(25)23-11-10-22(5)19-9-7-6-8-18(19)14-23/h6-9,15-17,20H,10-14H2,1-5H3. The van der Waals surface area contributed by atoms with Crippen LogP contribution in [0.3, 0.4) is 0 Å². The lowest BCUT2D eigenvalue weighted by atomic mass is 9.98. The summed E-state index contributed by atoms with van der Waals surface area (Å²) in [6.45, 7) is 12.5. The van der Waals surface area contributed by atoms with Gasteiger partial charge >= 0.3 is 0 Å². The molecule has 0 aliphatic carbocycles. The van der Waals surface area contributed by atoms with Gasteiger partial charge in [-0.25, -0.2) is 0 Å². The Balaban J connectivity index is 1.81. The van der Waals surface area contributed by atoms with Crippen molar-refractivity contribution in [2.75, 3.05) is 38.1 Å². The van der Waals surface area contributed by atoms with E-state index in [-0.39, 0.29) is 30.1 Å². The average Bonchev–Trinajstić information content (AvgIpc) is 2.73. The van der Waals surface area contributed by atoms with Crippen LogP contribution in [0.25, 0.3) is 0 Å². The average molecular weight is 360 g/mol. The van der Waals surface area contributed by atoms with Crippen LogP contribution >= 0.6 is 0 Å². The van der Waals surface area contributed by atoms with E-state index in [1.54, 1.807) is 0 Å². The Kier molecular flexibility index (Phi) is 5.88. The number of likely N-dealkylation sites (N-methyl/N-ethyl adjacent to an activating group) is 1. The van der Waals surface area contributed by atoms with Crippen LogP contribution in [0.5, 0.6) is 0 Å². The molecule has 3 rings (SSSR count). The third-order valence-corrected chi connectivity index (χ3v) is 5.51. The summed E-state index contributed by atoms with van der Waals surface area (Å²) in [4.78, 5) is 20.2. The fourth-order valence-corrected chi connectivity index (χ4v) is 4.38. The van der Waals surface area contributed by atoms with Crippen molar-refractivity contribution in [3.8, 4) is 0 Å². The van der Waals surface area contributed by atoms with Crippen molar-refractivity contribution < 1.29 is 9.53 Å². The van der Waals surface area contributed by atoms with E-state index in [0.29, 0.717) is 6.54 Å². The summed E-state index contributed by atoms with van der Waals surface area (Å²) in [5.41, 5.74) is 2.46. The molecule has 26 heavy (non-hydrogen) atoms. The van der Waals surface area contributed by atoms with E-state index in [9.17, 15) is 4.79 Å². The SMILES string of the molecule is CC1CN(C(C(=O)N2CCN(C)c3ccccc3C2)C(C)C)CC(C)O1. The zero-order valence-corrected chi connectivity index (χ0v) is 16.8. The summed E-state index contributed by atoms with van der Waals surface area (Å²) < 4.78 is 5.88. The van der Waals surface area contributed by atoms with Gasteiger partial charge in [0.2, 0.25) is 5.91 Å². The molecule has 5 heteroatoms. The van der Waals surface area contributed by atoms with Gasteiger partial charge in [-0.15, -0.1) is 0 Å². The lowest BCUT2D eigenvalue weighted by molar-refractivity contribution is -0.145. The first-order chi connectivity index (χ1) is 12.4. The smallest absolute Gasteiger partial charge is 0.240 e. The lowest BCUT2D eigenvalue weighted by Crippen LogP contribution is -2.57. The molecule has 1 aromatic rings. The third-order valence-electron chi connectivity index (χ3n) is 5.51. The number of fused-ring (bicyclic) bond motifs is 1. The van der Waals surface area contributed by atoms with Crippen LogP contribution in [0.2, 0.25) is 0 Å². The molecule has 2 heterocycles. The van der Waals surface area contributed by atoms with Crippen molar-refractivity contribution in [3.63, 3.8) is 0 Å². The normalized spacial score (nSPS) is 25.8. The van der Waals surface area contributed by atoms with Crippen molar-refractivity contribution in [3.05, 3.63) is 29.8 Å². The number of para-hydroxylation sites is 1. The maximum Gasteiger partial charge on any atom is 0.240 e. The number of hydrogen-bond acceptors (Lipinski definition) is 4. The summed E-state index contributed by atoms with van der Waals surface area (Å²) >= 11 is 0. The predicted molar refractivity (Wildman–Crippen MR) is 105 cm³/mol. The molecule has 0 saturated carbocycles. The molecule has 1 saturated heterocycles. The zero-order valence-electron chi connectivity index (χ0n) is 16.8. The van der Waals surface area contributed by atoms with E-state index in [4.69, 9.17) is 4.74 Å². The van der Waals surface area contributed by atoms with Gasteiger partial charge in [0.1, 0.15) is 0 Å². The highest BCUT2D eigenvalue weighted by molar-refractivity contribution is 5.82. The van der Waals surface area contributed by atoms with Crippen molar-refractivity contribution >= 4 is 11.6 Å². The second-order valence-electron chi connectivity index (χ2n) is 8.21. The molecule has 1 amide bonds. The minimum absolute atomic E-state index is 0.0839. The van der Waals surface area contributed by atoms with Gasteiger partial charge in [0.05, 0.1) is 18.2 Å². The van der Waals surface area contributed by atoms with E-state index in [1.807, 2.05) is 0 Å². The number of carbonyl (C=O) groups excluding carboxylic acids is 1. The van der Waals surface area contributed by atoms with E-state index in [0.717, 1.165) is 26.2 Å². The molecule has 0 N–H and O–H groups in total. The minimum Gasteiger partial charge on any atom is -0.373 e.